The number of phenolic OH excluding ortho intramolecular Hbond substituents is 3. The normalized spacial score (nSPS) is 17.7. The Labute approximate surface area is 334 Å². The molecule has 0 aliphatic carbocycles. The molecule has 18 nitrogen and oxygen atoms in total. The number of carbonyl (C=O) groups is 6. The second-order valence-corrected chi connectivity index (χ2v) is 14.0. The Hall–Kier alpha value is -6.13. The van der Waals surface area contributed by atoms with E-state index in [2.05, 4.69) is 16.0 Å². The van der Waals surface area contributed by atoms with Crippen LogP contribution < -0.4 is 20.6 Å². The number of halogens is 5. The van der Waals surface area contributed by atoms with E-state index in [1.165, 1.54) is 15.9 Å². The van der Waals surface area contributed by atoms with E-state index in [1.807, 2.05) is 0 Å². The minimum absolute atomic E-state index is 0.0479. The average molecular weight is 853 g/mol. The van der Waals surface area contributed by atoms with Gasteiger partial charge in [0.05, 0.1) is 21.7 Å². The number of piperazine rings is 1. The van der Waals surface area contributed by atoms with Gasteiger partial charge >= 0.3 is 37.0 Å². The third-order valence-electron chi connectivity index (χ3n) is 9.79. The Bertz CT molecular complexity index is 2250. The van der Waals surface area contributed by atoms with E-state index in [-0.39, 0.29) is 55.2 Å². The van der Waals surface area contributed by atoms with Crippen LogP contribution in [0.2, 0.25) is 10.0 Å². The summed E-state index contributed by atoms with van der Waals surface area (Å²) in [5, 5.41) is 55.7. The molecule has 3 heterocycles. The van der Waals surface area contributed by atoms with Crippen molar-refractivity contribution in [3.63, 3.8) is 0 Å². The van der Waals surface area contributed by atoms with Gasteiger partial charge in [0.25, 0.3) is 0 Å². The SMILES string of the molecule is O=C(O)c1c(F)ccc2c1OB(O)[C@@H](NC(=O)C(NC(=O)N1CCN(C3CCN(C(=O)Nc4ccc(Cl)c(O)c4F)CC3)C(=O)C1=O)c1cc(F)c(O)c(O)c1Cl)C2. The number of phenols is 3. The summed E-state index contributed by atoms with van der Waals surface area (Å²) in [6, 6.07) is 0.0918. The van der Waals surface area contributed by atoms with Gasteiger partial charge in [-0.05, 0) is 49.1 Å². The second kappa shape index (κ2) is 16.4. The average Bonchev–Trinajstić information content (AvgIpc) is 3.19. The number of imide groups is 1. The number of carboxylic acid groups (broad SMARTS) is 1. The van der Waals surface area contributed by atoms with Gasteiger partial charge in [-0.3, -0.25) is 19.3 Å². The highest BCUT2D eigenvalue weighted by Gasteiger charge is 2.44. The minimum Gasteiger partial charge on any atom is -0.534 e. The van der Waals surface area contributed by atoms with E-state index in [9.17, 15) is 67.4 Å². The first-order valence-electron chi connectivity index (χ1n) is 17.1. The largest absolute Gasteiger partial charge is 0.547 e. The molecule has 3 aromatic rings. The highest BCUT2D eigenvalue weighted by Crippen LogP contribution is 2.41. The van der Waals surface area contributed by atoms with Crippen LogP contribution in [-0.2, 0) is 20.8 Å². The van der Waals surface area contributed by atoms with Crippen LogP contribution in [-0.4, -0.2) is 121 Å². The van der Waals surface area contributed by atoms with Gasteiger partial charge in [-0.1, -0.05) is 29.3 Å². The van der Waals surface area contributed by atoms with Crippen molar-refractivity contribution in [2.75, 3.05) is 31.5 Å². The van der Waals surface area contributed by atoms with E-state index in [1.54, 1.807) is 0 Å². The minimum atomic E-state index is -2.10. The number of nitrogens with one attached hydrogen (secondary N) is 3. The number of hydrogen-bond donors (Lipinski definition) is 8. The Morgan fingerprint density at radius 3 is 2.24 bits per heavy atom. The first-order chi connectivity index (χ1) is 27.4. The summed E-state index contributed by atoms with van der Waals surface area (Å²) in [4.78, 5) is 81.4. The van der Waals surface area contributed by atoms with E-state index in [4.69, 9.17) is 27.9 Å². The Kier molecular flexibility index (Phi) is 11.7. The standard InChI is InChI=1S/C34H30BCl2F3N6O12/c36-16-2-4-19(23(40)25(16)47)41-33(55)44-7-5-14(6-8-44)45-9-10-46(31(52)30(45)51)34(56)43-24(15-12-18(39)26(48)27(49)22(15)37)29(50)42-20-11-13-1-3-17(38)21(32(53)54)28(13)58-35(20)57/h1-4,12,14,20,24,47-49,57H,5-11H2,(H,41,55)(H,42,50)(H,43,56)(H,53,54)/t20-,24?/m0/s1. The monoisotopic (exact) mass is 852 g/mol. The molecule has 3 aromatic carbocycles. The van der Waals surface area contributed by atoms with Crippen LogP contribution in [0.3, 0.4) is 0 Å². The number of aromatic hydroxyl groups is 3. The summed E-state index contributed by atoms with van der Waals surface area (Å²) in [6.45, 7) is -0.475. The summed E-state index contributed by atoms with van der Waals surface area (Å²) in [7, 11) is -2.00. The van der Waals surface area contributed by atoms with Gasteiger partial charge in [-0.2, -0.15) is 0 Å². The van der Waals surface area contributed by atoms with Gasteiger partial charge in [-0.25, -0.2) is 27.6 Å². The molecule has 2 saturated heterocycles. The molecule has 6 rings (SSSR count). The number of carbonyl (C=O) groups excluding carboxylic acids is 5. The number of aromatic carboxylic acids is 1. The van der Waals surface area contributed by atoms with E-state index < -0.39 is 124 Å². The highest BCUT2D eigenvalue weighted by molar-refractivity contribution is 6.47. The number of piperidine rings is 1. The number of likely N-dealkylation sites (tertiary alicyclic amines) is 1. The fraction of sp³-hybridized carbons (Fsp3) is 0.294. The second-order valence-electron chi connectivity index (χ2n) is 13.2. The fourth-order valence-electron chi connectivity index (χ4n) is 6.75. The first-order valence-corrected chi connectivity index (χ1v) is 17.9. The molecule has 24 heteroatoms. The predicted octanol–water partition coefficient (Wildman–Crippen LogP) is 2.48. The lowest BCUT2D eigenvalue weighted by Gasteiger charge is -2.41. The van der Waals surface area contributed by atoms with Crippen molar-refractivity contribution < 1.29 is 72.0 Å². The number of benzene rings is 3. The zero-order chi connectivity index (χ0) is 42.3. The lowest BCUT2D eigenvalue weighted by atomic mass is 9.72. The van der Waals surface area contributed by atoms with Gasteiger partial charge in [0, 0.05) is 37.8 Å². The van der Waals surface area contributed by atoms with E-state index in [0.29, 0.717) is 11.0 Å². The topological polar surface area (TPSA) is 259 Å². The number of fused-ring (bicyclic) bond motifs is 1. The zero-order valence-corrected chi connectivity index (χ0v) is 31.0. The van der Waals surface area contributed by atoms with Crippen molar-refractivity contribution in [1.29, 1.82) is 0 Å². The fourth-order valence-corrected chi connectivity index (χ4v) is 7.15. The molecular weight excluding hydrogens is 823 g/mol. The number of amides is 7. The third kappa shape index (κ3) is 7.89. The lowest BCUT2D eigenvalue weighted by molar-refractivity contribution is -0.156. The van der Waals surface area contributed by atoms with Gasteiger partial charge in [0.2, 0.25) is 5.91 Å². The number of nitrogens with zero attached hydrogens (tertiary/aromatic N) is 3. The Balaban J connectivity index is 1.14. The quantitative estimate of drug-likeness (QED) is 0.0970. The molecular formula is C34H30BCl2F3N6O12. The summed E-state index contributed by atoms with van der Waals surface area (Å²) < 4.78 is 48.5. The summed E-state index contributed by atoms with van der Waals surface area (Å²) in [6.07, 6.45) is 0.00516. The maximum Gasteiger partial charge on any atom is 0.547 e. The molecule has 8 N–H and O–H groups in total. The molecule has 3 aliphatic rings. The van der Waals surface area contributed by atoms with E-state index >= 15 is 0 Å². The van der Waals surface area contributed by atoms with Crippen LogP contribution in [0.5, 0.6) is 23.0 Å². The third-order valence-corrected chi connectivity index (χ3v) is 10.5. The van der Waals surface area contributed by atoms with Crippen LogP contribution in [0.25, 0.3) is 0 Å². The van der Waals surface area contributed by atoms with Crippen LogP contribution in [0.4, 0.5) is 28.4 Å². The van der Waals surface area contributed by atoms with Crippen molar-refractivity contribution in [2.45, 2.75) is 37.3 Å². The molecule has 306 valence electrons. The maximum atomic E-state index is 14.7. The summed E-state index contributed by atoms with van der Waals surface area (Å²) >= 11 is 11.8. The van der Waals surface area contributed by atoms with Crippen molar-refractivity contribution >= 4 is 71.8 Å². The number of rotatable bonds is 7. The Morgan fingerprint density at radius 1 is 0.879 bits per heavy atom. The van der Waals surface area contributed by atoms with Crippen molar-refractivity contribution in [2.24, 2.45) is 0 Å². The molecule has 58 heavy (non-hydrogen) atoms. The van der Waals surface area contributed by atoms with Crippen LogP contribution in [0, 0.1) is 17.5 Å². The van der Waals surface area contributed by atoms with Crippen LogP contribution >= 0.6 is 23.2 Å². The van der Waals surface area contributed by atoms with Gasteiger partial charge < -0.3 is 55.9 Å². The lowest BCUT2D eigenvalue weighted by Crippen LogP contribution is -2.62. The first kappa shape index (κ1) is 41.5. The van der Waals surface area contributed by atoms with Gasteiger partial charge in [-0.15, -0.1) is 0 Å². The highest BCUT2D eigenvalue weighted by atomic mass is 35.5. The Morgan fingerprint density at radius 2 is 1.57 bits per heavy atom. The predicted molar refractivity (Wildman–Crippen MR) is 194 cm³/mol. The molecule has 1 unspecified atom stereocenters. The molecule has 0 saturated carbocycles. The molecule has 0 radical (unpaired) electrons. The molecule has 3 aliphatic heterocycles. The summed E-state index contributed by atoms with van der Waals surface area (Å²) in [5.74, 6) is -14.5. The number of carboxylic acids is 1. The number of urea groups is 2. The molecule has 0 bridgehead atoms. The molecule has 2 atom stereocenters. The molecule has 7 amide bonds. The number of hydrogen-bond acceptors (Lipinski definition) is 11. The van der Waals surface area contributed by atoms with Gasteiger partial charge in [0.1, 0.15) is 23.2 Å². The summed E-state index contributed by atoms with van der Waals surface area (Å²) in [5.41, 5.74) is -1.80. The molecule has 2 fully saturated rings. The molecule has 0 spiro atoms. The van der Waals surface area contributed by atoms with Crippen molar-refractivity contribution in [1.82, 2.24) is 25.3 Å². The maximum absolute atomic E-state index is 14.7. The number of anilines is 1. The van der Waals surface area contributed by atoms with E-state index in [0.717, 1.165) is 18.2 Å². The zero-order valence-electron chi connectivity index (χ0n) is 29.5. The molecule has 0 aromatic heterocycles. The van der Waals surface area contributed by atoms with Crippen molar-refractivity contribution in [3.8, 4) is 23.0 Å². The van der Waals surface area contributed by atoms with Crippen LogP contribution in [0.15, 0.2) is 30.3 Å². The smallest absolute Gasteiger partial charge is 0.534 e. The van der Waals surface area contributed by atoms with Crippen LogP contribution in [0.1, 0.15) is 40.4 Å². The van der Waals surface area contributed by atoms with Crippen molar-refractivity contribution in [3.05, 3.63) is 74.5 Å². The van der Waals surface area contributed by atoms with Gasteiger partial charge in [0.15, 0.2) is 28.9 Å².